The summed E-state index contributed by atoms with van der Waals surface area (Å²) >= 11 is 0. The van der Waals surface area contributed by atoms with Gasteiger partial charge in [-0.2, -0.15) is 0 Å². The summed E-state index contributed by atoms with van der Waals surface area (Å²) in [4.78, 5) is 53.3. The van der Waals surface area contributed by atoms with Crippen molar-refractivity contribution in [1.82, 2.24) is 20.1 Å². The Morgan fingerprint density at radius 2 is 1.67 bits per heavy atom. The van der Waals surface area contributed by atoms with Gasteiger partial charge in [-0.15, -0.1) is 0 Å². The van der Waals surface area contributed by atoms with E-state index >= 15 is 0 Å². The van der Waals surface area contributed by atoms with Gasteiger partial charge in [0, 0.05) is 48.5 Å². The lowest BCUT2D eigenvalue weighted by Gasteiger charge is -2.34. The third-order valence-electron chi connectivity index (χ3n) is 7.75. The Morgan fingerprint density at radius 1 is 0.956 bits per heavy atom. The van der Waals surface area contributed by atoms with Crippen molar-refractivity contribution in [2.75, 3.05) is 20.7 Å². The zero-order valence-corrected chi connectivity index (χ0v) is 27.3. The second-order valence-corrected chi connectivity index (χ2v) is 13.2. The van der Waals surface area contributed by atoms with E-state index in [0.29, 0.717) is 48.7 Å². The van der Waals surface area contributed by atoms with E-state index in [1.165, 1.54) is 10.5 Å². The molecule has 0 saturated heterocycles. The first-order valence-corrected chi connectivity index (χ1v) is 17.1. The molecule has 1 heterocycles. The van der Waals surface area contributed by atoms with Crippen LogP contribution in [0.5, 0.6) is 0 Å². The van der Waals surface area contributed by atoms with Gasteiger partial charge in [0.05, 0.1) is 19.4 Å². The average molecular weight is 655 g/mol. The molecule has 45 heavy (non-hydrogen) atoms. The van der Waals surface area contributed by atoms with E-state index in [2.05, 4.69) is 22.4 Å². The summed E-state index contributed by atoms with van der Waals surface area (Å²) in [5, 5.41) is 7.57. The Balaban J connectivity index is 1.14. The van der Waals surface area contributed by atoms with E-state index in [0.717, 1.165) is 22.8 Å². The molecule has 2 aromatic carbocycles. The number of hydrogen-bond acceptors (Lipinski definition) is 11. The predicted octanol–water partition coefficient (Wildman–Crippen LogP) is 5.76. The SMILES string of the molecule is C/C(=C(\CCOC(=O)CCC(=O)OC1CCC(N(C)C(=O)c2ccc3nonc3c2)CC1)SSCc1ccccc1)N(C)C=O. The summed E-state index contributed by atoms with van der Waals surface area (Å²) in [7, 11) is 6.67. The standard InChI is InChI=1S/C32H38N4O7S2/c1-22(35(2)21-37)29(45-44-20-23-7-5-4-6-8-23)17-18-41-30(38)15-16-31(39)42-26-12-10-25(11-13-26)36(3)32(40)24-9-14-27-28(19-24)34-43-33-27/h4-9,14,19,21,25-26H,10-13,15-18,20H2,1-3H3/b29-22-. The Bertz CT molecular complexity index is 1490. The highest BCUT2D eigenvalue weighted by Crippen LogP contribution is 2.37. The minimum absolute atomic E-state index is 0.0253. The number of carbonyl (C=O) groups excluding carboxylic acids is 4. The zero-order valence-electron chi connectivity index (χ0n) is 25.7. The van der Waals surface area contributed by atoms with Crippen LogP contribution in [0.15, 0.2) is 63.8 Å². The van der Waals surface area contributed by atoms with Gasteiger partial charge < -0.3 is 19.3 Å². The van der Waals surface area contributed by atoms with Crippen molar-refractivity contribution in [2.45, 2.75) is 69.8 Å². The van der Waals surface area contributed by atoms with Gasteiger partial charge in [0.25, 0.3) is 5.91 Å². The topological polar surface area (TPSA) is 132 Å². The molecule has 1 fully saturated rings. The Kier molecular flexibility index (Phi) is 12.9. The lowest BCUT2D eigenvalue weighted by atomic mass is 9.91. The average Bonchev–Trinajstić information content (AvgIpc) is 3.54. The second kappa shape index (κ2) is 17.0. The number of fused-ring (bicyclic) bond motifs is 1. The Hall–Kier alpha value is -3.84. The van der Waals surface area contributed by atoms with Crippen LogP contribution in [0.2, 0.25) is 0 Å². The molecule has 4 rings (SSSR count). The third-order valence-corrected chi connectivity index (χ3v) is 10.3. The fraction of sp³-hybridized carbons (Fsp3) is 0.438. The van der Waals surface area contributed by atoms with Gasteiger partial charge in [0.2, 0.25) is 6.41 Å². The zero-order chi connectivity index (χ0) is 32.2. The molecule has 0 bridgehead atoms. The summed E-state index contributed by atoms with van der Waals surface area (Å²) in [6.45, 7) is 2.00. The molecule has 1 aliphatic carbocycles. The number of esters is 2. The fourth-order valence-electron chi connectivity index (χ4n) is 4.92. The Morgan fingerprint density at radius 3 is 2.40 bits per heavy atom. The number of ether oxygens (including phenoxy) is 2. The van der Waals surface area contributed by atoms with Gasteiger partial charge in [-0.1, -0.05) is 51.9 Å². The molecule has 0 unspecified atom stereocenters. The van der Waals surface area contributed by atoms with Crippen LogP contribution in [0, 0.1) is 0 Å². The van der Waals surface area contributed by atoms with Crippen LogP contribution in [0.1, 0.15) is 67.8 Å². The maximum absolute atomic E-state index is 13.0. The van der Waals surface area contributed by atoms with Crippen molar-refractivity contribution in [3.05, 3.63) is 70.3 Å². The van der Waals surface area contributed by atoms with Gasteiger partial charge in [-0.3, -0.25) is 19.2 Å². The third kappa shape index (κ3) is 10.1. The molecule has 1 saturated carbocycles. The molecule has 0 atom stereocenters. The van der Waals surface area contributed by atoms with Crippen LogP contribution in [0.3, 0.4) is 0 Å². The number of amides is 2. The number of nitrogens with zero attached hydrogens (tertiary/aromatic N) is 4. The van der Waals surface area contributed by atoms with Crippen molar-refractivity contribution >= 4 is 56.9 Å². The number of hydrogen-bond donors (Lipinski definition) is 0. The maximum atomic E-state index is 13.0. The molecule has 0 radical (unpaired) electrons. The van der Waals surface area contributed by atoms with Crippen LogP contribution in [0.25, 0.3) is 11.0 Å². The minimum atomic E-state index is -0.474. The second-order valence-electron chi connectivity index (χ2n) is 10.8. The van der Waals surface area contributed by atoms with E-state index in [1.54, 1.807) is 58.8 Å². The van der Waals surface area contributed by atoms with Crippen LogP contribution >= 0.6 is 21.6 Å². The largest absolute Gasteiger partial charge is 0.465 e. The van der Waals surface area contributed by atoms with Crippen LogP contribution in [0.4, 0.5) is 0 Å². The van der Waals surface area contributed by atoms with E-state index < -0.39 is 11.9 Å². The molecule has 0 aliphatic heterocycles. The molecule has 1 aliphatic rings. The molecular weight excluding hydrogens is 617 g/mol. The smallest absolute Gasteiger partial charge is 0.306 e. The van der Waals surface area contributed by atoms with Crippen molar-refractivity contribution in [2.24, 2.45) is 0 Å². The summed E-state index contributed by atoms with van der Waals surface area (Å²) in [6, 6.07) is 15.2. The Labute approximate surface area is 270 Å². The number of rotatable bonds is 15. The van der Waals surface area contributed by atoms with Gasteiger partial charge in [-0.25, -0.2) is 4.63 Å². The fourth-order valence-corrected chi connectivity index (χ4v) is 7.50. The molecule has 0 N–H and O–H groups in total. The van der Waals surface area contributed by atoms with Crippen LogP contribution in [-0.4, -0.2) is 77.2 Å². The lowest BCUT2D eigenvalue weighted by molar-refractivity contribution is -0.155. The molecule has 13 heteroatoms. The summed E-state index contributed by atoms with van der Waals surface area (Å²) < 4.78 is 15.7. The summed E-state index contributed by atoms with van der Waals surface area (Å²) in [6.07, 6.45) is 3.49. The van der Waals surface area contributed by atoms with Gasteiger partial charge in [0.15, 0.2) is 0 Å². The van der Waals surface area contributed by atoms with Gasteiger partial charge >= 0.3 is 11.9 Å². The first-order chi connectivity index (χ1) is 21.7. The highest BCUT2D eigenvalue weighted by molar-refractivity contribution is 8.77. The maximum Gasteiger partial charge on any atom is 0.306 e. The van der Waals surface area contributed by atoms with Crippen molar-refractivity contribution in [3.8, 4) is 0 Å². The molecular formula is C32H38N4O7S2. The molecule has 11 nitrogen and oxygen atoms in total. The van der Waals surface area contributed by atoms with E-state index in [-0.39, 0.29) is 37.5 Å². The quantitative estimate of drug-likeness (QED) is 0.112. The van der Waals surface area contributed by atoms with Gasteiger partial charge in [-0.05, 0) is 66.7 Å². The van der Waals surface area contributed by atoms with E-state index in [4.69, 9.17) is 14.1 Å². The number of carbonyl (C=O) groups is 4. The monoisotopic (exact) mass is 654 g/mol. The first-order valence-electron chi connectivity index (χ1n) is 14.8. The first kappa shape index (κ1) is 34.0. The van der Waals surface area contributed by atoms with Crippen molar-refractivity contribution < 1.29 is 33.3 Å². The normalized spacial score (nSPS) is 16.9. The highest BCUT2D eigenvalue weighted by atomic mass is 33.1. The molecule has 3 aromatic rings. The summed E-state index contributed by atoms with van der Waals surface area (Å²) in [5.74, 6) is -0.230. The minimum Gasteiger partial charge on any atom is -0.465 e. The molecule has 2 amide bonds. The van der Waals surface area contributed by atoms with E-state index in [1.807, 2.05) is 25.1 Å². The number of allylic oxidation sites excluding steroid dienone is 1. The highest BCUT2D eigenvalue weighted by Gasteiger charge is 2.29. The lowest BCUT2D eigenvalue weighted by Crippen LogP contribution is -2.41. The van der Waals surface area contributed by atoms with Crippen LogP contribution in [-0.2, 0) is 29.6 Å². The van der Waals surface area contributed by atoms with Crippen molar-refractivity contribution in [3.63, 3.8) is 0 Å². The number of aromatic nitrogens is 2. The van der Waals surface area contributed by atoms with Crippen molar-refractivity contribution in [1.29, 1.82) is 0 Å². The number of benzene rings is 2. The molecule has 0 spiro atoms. The van der Waals surface area contributed by atoms with E-state index in [9.17, 15) is 19.2 Å². The van der Waals surface area contributed by atoms with Crippen LogP contribution < -0.4 is 0 Å². The van der Waals surface area contributed by atoms with Gasteiger partial charge in [0.1, 0.15) is 17.1 Å². The molecule has 240 valence electrons. The summed E-state index contributed by atoms with van der Waals surface area (Å²) in [5.41, 5.74) is 3.62. The molecule has 1 aromatic heterocycles. The predicted molar refractivity (Wildman–Crippen MR) is 173 cm³/mol.